The molecule has 4 nitrogen and oxygen atoms in total. The monoisotopic (exact) mass is 278 g/mol. The van der Waals surface area contributed by atoms with Gasteiger partial charge in [0.05, 0.1) is 5.69 Å². The molecule has 0 fully saturated rings. The maximum Gasteiger partial charge on any atom is 0.271 e. The van der Waals surface area contributed by atoms with Gasteiger partial charge in [-0.2, -0.15) is 4.68 Å². The van der Waals surface area contributed by atoms with Crippen LogP contribution in [0.5, 0.6) is 5.88 Å². The SMILES string of the molecule is O=c1ccc(OCc2ccccc2)nn1-c1ccccc1. The number of para-hydroxylation sites is 1. The van der Waals surface area contributed by atoms with Gasteiger partial charge in [-0.1, -0.05) is 48.5 Å². The molecule has 0 saturated heterocycles. The van der Waals surface area contributed by atoms with Crippen molar-refractivity contribution in [3.63, 3.8) is 0 Å². The second kappa shape index (κ2) is 6.05. The van der Waals surface area contributed by atoms with Crippen LogP contribution in [0.1, 0.15) is 5.56 Å². The van der Waals surface area contributed by atoms with Crippen LogP contribution in [0.3, 0.4) is 0 Å². The summed E-state index contributed by atoms with van der Waals surface area (Å²) in [6, 6.07) is 22.1. The van der Waals surface area contributed by atoms with E-state index in [1.54, 1.807) is 6.07 Å². The fourth-order valence-electron chi connectivity index (χ4n) is 1.96. The van der Waals surface area contributed by atoms with Gasteiger partial charge in [0.2, 0.25) is 5.88 Å². The molecule has 104 valence electrons. The van der Waals surface area contributed by atoms with Gasteiger partial charge in [0.15, 0.2) is 0 Å². The zero-order chi connectivity index (χ0) is 14.5. The van der Waals surface area contributed by atoms with Gasteiger partial charge in [-0.3, -0.25) is 4.79 Å². The summed E-state index contributed by atoms with van der Waals surface area (Å²) in [7, 11) is 0. The average molecular weight is 278 g/mol. The van der Waals surface area contributed by atoms with Gasteiger partial charge in [0.1, 0.15) is 6.61 Å². The summed E-state index contributed by atoms with van der Waals surface area (Å²) < 4.78 is 6.97. The minimum atomic E-state index is -0.187. The summed E-state index contributed by atoms with van der Waals surface area (Å²) in [5.41, 5.74) is 1.58. The highest BCUT2D eigenvalue weighted by atomic mass is 16.5. The van der Waals surface area contributed by atoms with Crippen LogP contribution < -0.4 is 10.3 Å². The lowest BCUT2D eigenvalue weighted by molar-refractivity contribution is 0.287. The largest absolute Gasteiger partial charge is 0.472 e. The first-order valence-electron chi connectivity index (χ1n) is 6.65. The Morgan fingerprint density at radius 3 is 2.24 bits per heavy atom. The van der Waals surface area contributed by atoms with E-state index in [4.69, 9.17) is 4.74 Å². The Labute approximate surface area is 122 Å². The molecule has 3 rings (SSSR count). The van der Waals surface area contributed by atoms with E-state index >= 15 is 0 Å². The maximum atomic E-state index is 11.9. The van der Waals surface area contributed by atoms with E-state index in [0.717, 1.165) is 5.56 Å². The third kappa shape index (κ3) is 3.17. The van der Waals surface area contributed by atoms with Crippen molar-refractivity contribution in [2.75, 3.05) is 0 Å². The normalized spacial score (nSPS) is 10.3. The van der Waals surface area contributed by atoms with E-state index in [1.165, 1.54) is 10.7 Å². The van der Waals surface area contributed by atoms with Gasteiger partial charge in [0, 0.05) is 12.1 Å². The van der Waals surface area contributed by atoms with Crippen LogP contribution in [-0.2, 0) is 6.61 Å². The van der Waals surface area contributed by atoms with Crippen LogP contribution in [0.15, 0.2) is 77.6 Å². The van der Waals surface area contributed by atoms with Gasteiger partial charge in [-0.15, -0.1) is 5.10 Å². The van der Waals surface area contributed by atoms with Crippen molar-refractivity contribution in [1.29, 1.82) is 0 Å². The predicted octanol–water partition coefficient (Wildman–Crippen LogP) is 2.81. The lowest BCUT2D eigenvalue weighted by Crippen LogP contribution is -2.20. The Balaban J connectivity index is 1.83. The summed E-state index contributed by atoms with van der Waals surface area (Å²) >= 11 is 0. The zero-order valence-electron chi connectivity index (χ0n) is 11.3. The van der Waals surface area contributed by atoms with Gasteiger partial charge >= 0.3 is 0 Å². The highest BCUT2D eigenvalue weighted by Crippen LogP contribution is 2.09. The molecule has 0 radical (unpaired) electrons. The summed E-state index contributed by atoms with van der Waals surface area (Å²) in [6.45, 7) is 0.417. The Morgan fingerprint density at radius 2 is 1.52 bits per heavy atom. The molecule has 0 aliphatic carbocycles. The highest BCUT2D eigenvalue weighted by Gasteiger charge is 2.04. The summed E-state index contributed by atoms with van der Waals surface area (Å²) in [4.78, 5) is 11.9. The fourth-order valence-corrected chi connectivity index (χ4v) is 1.96. The predicted molar refractivity (Wildman–Crippen MR) is 80.6 cm³/mol. The van der Waals surface area contributed by atoms with Crippen molar-refractivity contribution in [3.05, 3.63) is 88.7 Å². The van der Waals surface area contributed by atoms with Crippen LogP contribution >= 0.6 is 0 Å². The minimum absolute atomic E-state index is 0.187. The molecule has 0 unspecified atom stereocenters. The first kappa shape index (κ1) is 13.1. The topological polar surface area (TPSA) is 44.1 Å². The third-order valence-electron chi connectivity index (χ3n) is 3.01. The van der Waals surface area contributed by atoms with Crippen LogP contribution in [-0.4, -0.2) is 9.78 Å². The van der Waals surface area contributed by atoms with E-state index in [1.807, 2.05) is 60.7 Å². The molecular formula is C17H14N2O2. The van der Waals surface area contributed by atoms with Gasteiger partial charge in [-0.05, 0) is 17.7 Å². The average Bonchev–Trinajstić information content (AvgIpc) is 2.56. The number of aromatic nitrogens is 2. The second-order valence-corrected chi connectivity index (χ2v) is 4.53. The second-order valence-electron chi connectivity index (χ2n) is 4.53. The summed E-state index contributed by atoms with van der Waals surface area (Å²) in [5, 5.41) is 4.24. The van der Waals surface area contributed by atoms with Crippen LogP contribution in [0.4, 0.5) is 0 Å². The Hall–Kier alpha value is -2.88. The number of benzene rings is 2. The molecule has 1 aromatic heterocycles. The van der Waals surface area contributed by atoms with E-state index in [-0.39, 0.29) is 5.56 Å². The van der Waals surface area contributed by atoms with Crippen LogP contribution in [0.2, 0.25) is 0 Å². The standard InChI is InChI=1S/C17H14N2O2/c20-17-12-11-16(21-13-14-7-3-1-4-8-14)18-19(17)15-9-5-2-6-10-15/h1-12H,13H2. The first-order chi connectivity index (χ1) is 10.3. The van der Waals surface area contributed by atoms with Gasteiger partial charge in [0.25, 0.3) is 5.56 Å². The number of ether oxygens (including phenoxy) is 1. The third-order valence-corrected chi connectivity index (χ3v) is 3.01. The zero-order valence-corrected chi connectivity index (χ0v) is 11.3. The molecule has 0 aliphatic heterocycles. The minimum Gasteiger partial charge on any atom is -0.472 e. The van der Waals surface area contributed by atoms with Crippen molar-refractivity contribution >= 4 is 0 Å². The fraction of sp³-hybridized carbons (Fsp3) is 0.0588. The summed E-state index contributed by atoms with van der Waals surface area (Å²) in [6.07, 6.45) is 0. The maximum absolute atomic E-state index is 11.9. The van der Waals surface area contributed by atoms with E-state index in [2.05, 4.69) is 5.10 Å². The number of hydrogen-bond donors (Lipinski definition) is 0. The number of hydrogen-bond acceptors (Lipinski definition) is 3. The molecule has 2 aromatic carbocycles. The molecule has 3 aromatic rings. The Morgan fingerprint density at radius 1 is 0.857 bits per heavy atom. The highest BCUT2D eigenvalue weighted by molar-refractivity contribution is 5.30. The van der Waals surface area contributed by atoms with Crippen molar-refractivity contribution in [2.45, 2.75) is 6.61 Å². The molecule has 0 saturated carbocycles. The molecule has 21 heavy (non-hydrogen) atoms. The van der Waals surface area contributed by atoms with Crippen LogP contribution in [0.25, 0.3) is 5.69 Å². The van der Waals surface area contributed by atoms with E-state index in [0.29, 0.717) is 18.2 Å². The molecule has 0 N–H and O–H groups in total. The smallest absolute Gasteiger partial charge is 0.271 e. The molecule has 0 spiro atoms. The van der Waals surface area contributed by atoms with E-state index in [9.17, 15) is 4.79 Å². The van der Waals surface area contributed by atoms with Gasteiger partial charge in [-0.25, -0.2) is 0 Å². The van der Waals surface area contributed by atoms with Crippen LogP contribution in [0, 0.1) is 0 Å². The molecule has 1 heterocycles. The molecule has 4 heteroatoms. The Bertz CT molecular complexity index is 768. The van der Waals surface area contributed by atoms with Crippen molar-refractivity contribution in [2.24, 2.45) is 0 Å². The Kier molecular flexibility index (Phi) is 3.78. The first-order valence-corrected chi connectivity index (χ1v) is 6.65. The lowest BCUT2D eigenvalue weighted by atomic mass is 10.2. The van der Waals surface area contributed by atoms with Crippen molar-refractivity contribution < 1.29 is 4.74 Å². The molecule has 0 atom stereocenters. The summed E-state index contributed by atoms with van der Waals surface area (Å²) in [5.74, 6) is 0.419. The van der Waals surface area contributed by atoms with Crippen molar-refractivity contribution in [1.82, 2.24) is 9.78 Å². The quantitative estimate of drug-likeness (QED) is 0.737. The molecule has 0 bridgehead atoms. The van der Waals surface area contributed by atoms with Gasteiger partial charge < -0.3 is 4.74 Å². The molecular weight excluding hydrogens is 264 g/mol. The lowest BCUT2D eigenvalue weighted by Gasteiger charge is -2.08. The number of nitrogens with zero attached hydrogens (tertiary/aromatic N) is 2. The van der Waals surface area contributed by atoms with E-state index < -0.39 is 0 Å². The van der Waals surface area contributed by atoms with Crippen molar-refractivity contribution in [3.8, 4) is 11.6 Å². The number of rotatable bonds is 4. The molecule has 0 amide bonds. The molecule has 0 aliphatic rings.